The van der Waals surface area contributed by atoms with Crippen molar-refractivity contribution in [2.75, 3.05) is 6.61 Å². The van der Waals surface area contributed by atoms with Gasteiger partial charge in [-0.3, -0.25) is 4.79 Å². The van der Waals surface area contributed by atoms with Crippen molar-refractivity contribution in [1.29, 1.82) is 0 Å². The van der Waals surface area contributed by atoms with E-state index in [2.05, 4.69) is 20.4 Å². The topological polar surface area (TPSA) is 52.6 Å². The molecule has 3 saturated carbocycles. The largest absolute Gasteiger partial charge is 0.508 e. The first-order valence-corrected chi connectivity index (χ1v) is 10.6. The minimum atomic E-state index is -0.519. The molecule has 0 amide bonds. The summed E-state index contributed by atoms with van der Waals surface area (Å²) in [7, 11) is 0. The van der Waals surface area contributed by atoms with E-state index >= 15 is 0 Å². The number of fused-ring (bicyclic) bond motifs is 5. The van der Waals surface area contributed by atoms with E-state index in [1.165, 1.54) is 5.57 Å². The molecule has 0 aromatic rings. The van der Waals surface area contributed by atoms with Gasteiger partial charge in [0.05, 0.1) is 6.61 Å². The molecule has 0 N–H and O–H groups in total. The molecule has 6 atom stereocenters. The molecule has 0 heterocycles. The summed E-state index contributed by atoms with van der Waals surface area (Å²) in [4.78, 5) is 24.1. The monoisotopic (exact) mass is 372 g/mol. The molecule has 0 aromatic carbocycles. The van der Waals surface area contributed by atoms with Crippen molar-refractivity contribution in [3.63, 3.8) is 0 Å². The predicted octanol–water partition coefficient (Wildman–Crippen LogP) is 5.23. The molecule has 3 fully saturated rings. The van der Waals surface area contributed by atoms with Crippen molar-refractivity contribution in [1.82, 2.24) is 0 Å². The first kappa shape index (κ1) is 18.8. The molecule has 0 radical (unpaired) electrons. The molecule has 0 unspecified atom stereocenters. The zero-order valence-electron chi connectivity index (χ0n) is 16.9. The Balaban J connectivity index is 1.58. The summed E-state index contributed by atoms with van der Waals surface area (Å²) in [6.45, 7) is 10.9. The van der Waals surface area contributed by atoms with Crippen LogP contribution in [-0.4, -0.2) is 24.6 Å². The Bertz CT molecular complexity index is 707. The van der Waals surface area contributed by atoms with Gasteiger partial charge >= 0.3 is 6.16 Å². The Morgan fingerprint density at radius 3 is 2.74 bits per heavy atom. The number of hydrogen-bond acceptors (Lipinski definition) is 4. The van der Waals surface area contributed by atoms with Crippen LogP contribution in [-0.2, 0) is 14.3 Å². The van der Waals surface area contributed by atoms with Crippen LogP contribution in [0.2, 0.25) is 0 Å². The Morgan fingerprint density at radius 2 is 2.00 bits per heavy atom. The van der Waals surface area contributed by atoms with Crippen LogP contribution in [0.15, 0.2) is 23.8 Å². The number of hydrogen-bond donors (Lipinski definition) is 0. The Kier molecular flexibility index (Phi) is 4.51. The third-order valence-corrected chi connectivity index (χ3v) is 8.38. The molecule has 4 aliphatic carbocycles. The third-order valence-electron chi connectivity index (χ3n) is 8.38. The maximum absolute atomic E-state index is 12.1. The normalized spacial score (nSPS) is 43.3. The first-order valence-electron chi connectivity index (χ1n) is 10.6. The minimum Gasteiger partial charge on any atom is -0.435 e. The predicted molar refractivity (Wildman–Crippen MR) is 103 cm³/mol. The molecule has 0 spiro atoms. The summed E-state index contributed by atoms with van der Waals surface area (Å²) in [5.41, 5.74) is 2.25. The second-order valence-corrected chi connectivity index (χ2v) is 9.56. The second kappa shape index (κ2) is 6.49. The van der Waals surface area contributed by atoms with Gasteiger partial charge in [0.15, 0.2) is 5.78 Å². The maximum Gasteiger partial charge on any atom is 0.508 e. The van der Waals surface area contributed by atoms with E-state index in [-0.39, 0.29) is 22.7 Å². The molecule has 4 heteroatoms. The van der Waals surface area contributed by atoms with Crippen LogP contribution >= 0.6 is 0 Å². The zero-order chi connectivity index (χ0) is 19.4. The van der Waals surface area contributed by atoms with Gasteiger partial charge in [-0.05, 0) is 86.7 Å². The van der Waals surface area contributed by atoms with E-state index in [1.807, 2.05) is 13.0 Å². The van der Waals surface area contributed by atoms with E-state index in [1.54, 1.807) is 0 Å². The lowest BCUT2D eigenvalue weighted by molar-refractivity contribution is -0.113. The highest BCUT2D eigenvalue weighted by molar-refractivity contribution is 6.05. The first-order chi connectivity index (χ1) is 12.8. The number of carbonyl (C=O) groups is 2. The van der Waals surface area contributed by atoms with Crippen LogP contribution < -0.4 is 0 Å². The fraction of sp³-hybridized carbons (Fsp3) is 0.739. The van der Waals surface area contributed by atoms with E-state index < -0.39 is 6.16 Å². The third kappa shape index (κ3) is 2.78. The number of carbonyl (C=O) groups excluding carboxylic acids is 2. The Morgan fingerprint density at radius 1 is 1.22 bits per heavy atom. The van der Waals surface area contributed by atoms with E-state index in [9.17, 15) is 9.59 Å². The Labute approximate surface area is 162 Å². The van der Waals surface area contributed by atoms with Crippen molar-refractivity contribution in [3.05, 3.63) is 23.8 Å². The van der Waals surface area contributed by atoms with E-state index in [0.29, 0.717) is 24.4 Å². The highest BCUT2D eigenvalue weighted by atomic mass is 16.7. The number of rotatable bonds is 2. The van der Waals surface area contributed by atoms with Crippen molar-refractivity contribution in [2.45, 2.75) is 71.8 Å². The average Bonchev–Trinajstić information content (AvgIpc) is 2.93. The highest BCUT2D eigenvalue weighted by Crippen LogP contribution is 2.65. The molecule has 4 nitrogen and oxygen atoms in total. The standard InChI is InChI=1S/C23H32O4/c1-5-26-21(25)27-20-9-8-17-16-7-6-15-12-19(24)14(2)13-23(15,4)18(16)10-11-22(17,20)3/h12,16-18,20H,2,5-11,13H2,1,3-4H3/t16-,17-,18-,20-,22-,23+/m1/s1. The van der Waals surface area contributed by atoms with Crippen LogP contribution in [0, 0.1) is 28.6 Å². The van der Waals surface area contributed by atoms with Crippen molar-refractivity contribution >= 4 is 11.9 Å². The molecular weight excluding hydrogens is 340 g/mol. The molecule has 0 bridgehead atoms. The lowest BCUT2D eigenvalue weighted by atomic mass is 9.47. The van der Waals surface area contributed by atoms with Gasteiger partial charge in [-0.1, -0.05) is 26.0 Å². The zero-order valence-corrected chi connectivity index (χ0v) is 16.9. The molecule has 0 aromatic heterocycles. The van der Waals surface area contributed by atoms with Gasteiger partial charge in [0.2, 0.25) is 0 Å². The summed E-state index contributed by atoms with van der Waals surface area (Å²) < 4.78 is 10.8. The van der Waals surface area contributed by atoms with Gasteiger partial charge in [-0.2, -0.15) is 0 Å². The van der Waals surface area contributed by atoms with E-state index in [4.69, 9.17) is 9.47 Å². The lowest BCUT2D eigenvalue weighted by Crippen LogP contribution is -2.51. The number of ether oxygens (including phenoxy) is 2. The van der Waals surface area contributed by atoms with Crippen LogP contribution in [0.1, 0.15) is 65.7 Å². The Hall–Kier alpha value is -1.58. The fourth-order valence-corrected chi connectivity index (χ4v) is 7.01. The highest BCUT2D eigenvalue weighted by Gasteiger charge is 2.60. The molecule has 0 aliphatic heterocycles. The molecule has 148 valence electrons. The number of ketones is 1. The maximum atomic E-state index is 12.1. The molecular formula is C23H32O4. The lowest BCUT2D eigenvalue weighted by Gasteiger charge is -2.57. The molecule has 0 saturated heterocycles. The van der Waals surface area contributed by atoms with E-state index in [0.717, 1.165) is 50.5 Å². The summed E-state index contributed by atoms with van der Waals surface area (Å²) in [6.07, 6.45) is 8.59. The van der Waals surface area contributed by atoms with Gasteiger partial charge in [-0.15, -0.1) is 0 Å². The molecule has 4 rings (SSSR count). The van der Waals surface area contributed by atoms with Crippen LogP contribution in [0.25, 0.3) is 0 Å². The summed E-state index contributed by atoms with van der Waals surface area (Å²) in [5.74, 6) is 1.95. The smallest absolute Gasteiger partial charge is 0.435 e. The SMILES string of the molecule is C=C1C[C@@]2(C)C(=CC1=O)CC[C@@H]1[C@H]3CC[C@@H](OC(=O)OCC)[C@]3(C)CC[C@H]12. The quantitative estimate of drug-likeness (QED) is 0.492. The van der Waals surface area contributed by atoms with Crippen molar-refractivity contribution in [2.24, 2.45) is 28.6 Å². The number of allylic oxidation sites excluding steroid dienone is 2. The van der Waals surface area contributed by atoms with Crippen molar-refractivity contribution < 1.29 is 19.1 Å². The van der Waals surface area contributed by atoms with Gasteiger partial charge in [0, 0.05) is 5.41 Å². The van der Waals surface area contributed by atoms with Crippen LogP contribution in [0.4, 0.5) is 4.79 Å². The minimum absolute atomic E-state index is 0.0323. The summed E-state index contributed by atoms with van der Waals surface area (Å²) in [5, 5.41) is 0. The van der Waals surface area contributed by atoms with Gasteiger partial charge in [0.1, 0.15) is 6.10 Å². The summed E-state index contributed by atoms with van der Waals surface area (Å²) >= 11 is 0. The van der Waals surface area contributed by atoms with Gasteiger partial charge < -0.3 is 9.47 Å². The van der Waals surface area contributed by atoms with Gasteiger partial charge in [0.25, 0.3) is 0 Å². The molecule has 27 heavy (non-hydrogen) atoms. The summed E-state index contributed by atoms with van der Waals surface area (Å²) in [6, 6.07) is 0. The van der Waals surface area contributed by atoms with Crippen LogP contribution in [0.5, 0.6) is 0 Å². The van der Waals surface area contributed by atoms with Crippen molar-refractivity contribution in [3.8, 4) is 0 Å². The fourth-order valence-electron chi connectivity index (χ4n) is 7.01. The van der Waals surface area contributed by atoms with Gasteiger partial charge in [-0.25, -0.2) is 4.79 Å². The second-order valence-electron chi connectivity index (χ2n) is 9.56. The van der Waals surface area contributed by atoms with Crippen LogP contribution in [0.3, 0.4) is 0 Å². The average molecular weight is 373 g/mol. The molecule has 4 aliphatic rings.